The molecule has 114 valence electrons. The molecule has 1 saturated carbocycles. The number of thioether (sulfide) groups is 1. The average molecular weight is 300 g/mol. The molecule has 2 aliphatic rings. The van der Waals surface area contributed by atoms with Crippen LogP contribution in [0.2, 0.25) is 0 Å². The minimum Gasteiger partial charge on any atom is -0.480 e. The first-order valence-electron chi connectivity index (χ1n) is 7.25. The van der Waals surface area contributed by atoms with Gasteiger partial charge in [-0.1, -0.05) is 27.2 Å². The molecule has 2 fully saturated rings. The van der Waals surface area contributed by atoms with Crippen molar-refractivity contribution in [3.8, 4) is 0 Å². The van der Waals surface area contributed by atoms with Gasteiger partial charge in [0.2, 0.25) is 0 Å². The largest absolute Gasteiger partial charge is 0.480 e. The molecule has 2 unspecified atom stereocenters. The van der Waals surface area contributed by atoms with Crippen LogP contribution >= 0.6 is 11.8 Å². The third-order valence-corrected chi connectivity index (χ3v) is 5.97. The molecule has 0 aromatic rings. The summed E-state index contributed by atoms with van der Waals surface area (Å²) >= 11 is 1.56. The molecule has 20 heavy (non-hydrogen) atoms. The first-order chi connectivity index (χ1) is 9.34. The molecule has 0 spiro atoms. The van der Waals surface area contributed by atoms with Crippen molar-refractivity contribution in [3.63, 3.8) is 0 Å². The normalized spacial score (nSPS) is 28.3. The van der Waals surface area contributed by atoms with E-state index in [0.717, 1.165) is 12.8 Å². The van der Waals surface area contributed by atoms with Crippen molar-refractivity contribution in [2.75, 3.05) is 12.3 Å². The smallest absolute Gasteiger partial charge is 0.327 e. The number of carboxylic acids is 1. The Morgan fingerprint density at radius 3 is 2.55 bits per heavy atom. The van der Waals surface area contributed by atoms with Gasteiger partial charge in [0, 0.05) is 12.3 Å². The number of carbonyl (C=O) groups is 2. The quantitative estimate of drug-likeness (QED) is 0.836. The predicted octanol–water partition coefficient (Wildman–Crippen LogP) is 2.37. The first-order valence-corrected chi connectivity index (χ1v) is 8.29. The summed E-state index contributed by atoms with van der Waals surface area (Å²) < 4.78 is 0. The van der Waals surface area contributed by atoms with Crippen LogP contribution in [0.1, 0.15) is 40.0 Å². The maximum absolute atomic E-state index is 12.4. The van der Waals surface area contributed by atoms with Gasteiger partial charge in [0.1, 0.15) is 6.04 Å². The Morgan fingerprint density at radius 1 is 1.45 bits per heavy atom. The van der Waals surface area contributed by atoms with E-state index in [0.29, 0.717) is 12.3 Å². The van der Waals surface area contributed by atoms with E-state index in [-0.39, 0.29) is 22.7 Å². The third-order valence-electron chi connectivity index (χ3n) is 4.35. The van der Waals surface area contributed by atoms with Gasteiger partial charge in [0.25, 0.3) is 0 Å². The fraction of sp³-hybridized carbons (Fsp3) is 0.857. The monoisotopic (exact) mass is 300 g/mol. The molecule has 2 amide bonds. The Labute approximate surface area is 124 Å². The third kappa shape index (κ3) is 3.05. The number of rotatable bonds is 4. The van der Waals surface area contributed by atoms with E-state index >= 15 is 0 Å². The van der Waals surface area contributed by atoms with Gasteiger partial charge in [0.15, 0.2) is 0 Å². The summed E-state index contributed by atoms with van der Waals surface area (Å²) in [6, 6.07) is -0.934. The number of carbonyl (C=O) groups excluding carboxylic acids is 1. The van der Waals surface area contributed by atoms with Gasteiger partial charge >= 0.3 is 12.0 Å². The Hall–Kier alpha value is -0.910. The number of hydrogen-bond acceptors (Lipinski definition) is 3. The topological polar surface area (TPSA) is 69.6 Å². The number of urea groups is 1. The SMILES string of the molecule is CC(C)C1SCC(C(=O)O)N1C(=O)NCC1(C)CCC1. The molecule has 1 saturated heterocycles. The molecule has 2 atom stereocenters. The first kappa shape index (κ1) is 15.5. The van der Waals surface area contributed by atoms with Gasteiger partial charge in [-0.2, -0.15) is 0 Å². The average Bonchev–Trinajstić information content (AvgIpc) is 2.78. The van der Waals surface area contributed by atoms with Crippen molar-refractivity contribution in [1.29, 1.82) is 0 Å². The van der Waals surface area contributed by atoms with E-state index in [1.165, 1.54) is 11.3 Å². The van der Waals surface area contributed by atoms with E-state index in [1.54, 1.807) is 11.8 Å². The fourth-order valence-electron chi connectivity index (χ4n) is 2.83. The van der Waals surface area contributed by atoms with Crippen LogP contribution in [0.4, 0.5) is 4.79 Å². The van der Waals surface area contributed by atoms with Gasteiger partial charge in [-0.25, -0.2) is 9.59 Å². The minimum atomic E-state index is -0.911. The number of nitrogens with zero attached hydrogens (tertiary/aromatic N) is 1. The summed E-state index contributed by atoms with van der Waals surface area (Å²) in [7, 11) is 0. The van der Waals surface area contributed by atoms with Crippen molar-refractivity contribution < 1.29 is 14.7 Å². The van der Waals surface area contributed by atoms with Crippen molar-refractivity contribution >= 4 is 23.8 Å². The highest BCUT2D eigenvalue weighted by molar-refractivity contribution is 8.00. The van der Waals surface area contributed by atoms with E-state index in [9.17, 15) is 14.7 Å². The van der Waals surface area contributed by atoms with Crippen molar-refractivity contribution in [2.24, 2.45) is 11.3 Å². The zero-order valence-electron chi connectivity index (χ0n) is 12.4. The van der Waals surface area contributed by atoms with Crippen molar-refractivity contribution in [1.82, 2.24) is 10.2 Å². The summed E-state index contributed by atoms with van der Waals surface area (Å²) in [4.78, 5) is 25.2. The number of nitrogens with one attached hydrogen (secondary N) is 1. The highest BCUT2D eigenvalue weighted by Crippen LogP contribution is 2.40. The van der Waals surface area contributed by atoms with E-state index in [2.05, 4.69) is 12.2 Å². The molecule has 2 N–H and O–H groups in total. The number of amides is 2. The fourth-order valence-corrected chi connectivity index (χ4v) is 4.30. The maximum atomic E-state index is 12.4. The highest BCUT2D eigenvalue weighted by Gasteiger charge is 2.43. The lowest BCUT2D eigenvalue weighted by Gasteiger charge is -2.39. The van der Waals surface area contributed by atoms with E-state index in [1.807, 2.05) is 13.8 Å². The molecule has 6 heteroatoms. The molecular weight excluding hydrogens is 276 g/mol. The molecule has 1 heterocycles. The van der Waals surface area contributed by atoms with Crippen LogP contribution in [0.15, 0.2) is 0 Å². The van der Waals surface area contributed by atoms with Gasteiger partial charge in [0.05, 0.1) is 5.37 Å². The lowest BCUT2D eigenvalue weighted by atomic mass is 9.70. The van der Waals surface area contributed by atoms with Crippen LogP contribution in [-0.4, -0.2) is 45.7 Å². The second-order valence-corrected chi connectivity index (χ2v) is 7.70. The zero-order valence-corrected chi connectivity index (χ0v) is 13.2. The Morgan fingerprint density at radius 2 is 2.10 bits per heavy atom. The molecule has 0 radical (unpaired) electrons. The lowest BCUT2D eigenvalue weighted by Crippen LogP contribution is -2.53. The summed E-state index contributed by atoms with van der Waals surface area (Å²) in [6.07, 6.45) is 3.49. The molecule has 5 nitrogen and oxygen atoms in total. The number of carboxylic acid groups (broad SMARTS) is 1. The minimum absolute atomic E-state index is 0.0507. The second kappa shape index (κ2) is 5.84. The van der Waals surface area contributed by atoms with Gasteiger partial charge in [-0.3, -0.25) is 4.90 Å². The van der Waals surface area contributed by atoms with Crippen molar-refractivity contribution in [2.45, 2.75) is 51.4 Å². The maximum Gasteiger partial charge on any atom is 0.327 e. The van der Waals surface area contributed by atoms with Crippen LogP contribution in [0.3, 0.4) is 0 Å². The molecule has 2 rings (SSSR count). The van der Waals surface area contributed by atoms with Crippen LogP contribution in [0.25, 0.3) is 0 Å². The van der Waals surface area contributed by atoms with Gasteiger partial charge in [-0.15, -0.1) is 11.8 Å². The number of aliphatic carboxylic acids is 1. The van der Waals surface area contributed by atoms with Crippen LogP contribution < -0.4 is 5.32 Å². The molecular formula is C14H24N2O3S. The summed E-state index contributed by atoms with van der Waals surface area (Å²) in [5.41, 5.74) is 0.203. The second-order valence-electron chi connectivity index (χ2n) is 6.55. The molecule has 1 aliphatic carbocycles. The van der Waals surface area contributed by atoms with Crippen LogP contribution in [0.5, 0.6) is 0 Å². The zero-order chi connectivity index (χ0) is 14.9. The van der Waals surface area contributed by atoms with Crippen LogP contribution in [0, 0.1) is 11.3 Å². The van der Waals surface area contributed by atoms with Crippen LogP contribution in [-0.2, 0) is 4.79 Å². The number of hydrogen-bond donors (Lipinski definition) is 2. The lowest BCUT2D eigenvalue weighted by molar-refractivity contribution is -0.141. The summed E-state index contributed by atoms with van der Waals surface area (Å²) in [5, 5.41) is 12.2. The Kier molecular flexibility index (Phi) is 4.52. The van der Waals surface area contributed by atoms with E-state index in [4.69, 9.17) is 0 Å². The van der Waals surface area contributed by atoms with Gasteiger partial charge in [-0.05, 0) is 24.2 Å². The Bertz CT molecular complexity index is 396. The summed E-state index contributed by atoms with van der Waals surface area (Å²) in [6.45, 7) is 6.86. The molecule has 0 bridgehead atoms. The highest BCUT2D eigenvalue weighted by atomic mass is 32.2. The summed E-state index contributed by atoms with van der Waals surface area (Å²) in [5.74, 6) is -0.192. The standard InChI is InChI=1S/C14H24N2O3S/c1-9(2)11-16(10(7-20-11)12(17)18)13(19)15-8-14(3)5-4-6-14/h9-11H,4-8H2,1-3H3,(H,15,19)(H,17,18). The van der Waals surface area contributed by atoms with Crippen molar-refractivity contribution in [3.05, 3.63) is 0 Å². The van der Waals surface area contributed by atoms with Gasteiger partial charge < -0.3 is 10.4 Å². The molecule has 0 aromatic heterocycles. The predicted molar refractivity (Wildman–Crippen MR) is 79.7 cm³/mol. The van der Waals surface area contributed by atoms with E-state index < -0.39 is 12.0 Å². The Balaban J connectivity index is 2.01. The molecule has 0 aromatic carbocycles. The molecule has 1 aliphatic heterocycles.